The van der Waals surface area contributed by atoms with Crippen molar-refractivity contribution in [3.63, 3.8) is 0 Å². The highest BCUT2D eigenvalue weighted by atomic mass is 79.9. The minimum Gasteiger partial charge on any atom is -0.496 e. The third-order valence-electron chi connectivity index (χ3n) is 1.98. The van der Waals surface area contributed by atoms with Crippen LogP contribution in [0.15, 0.2) is 22.7 Å². The molecule has 0 N–H and O–H groups in total. The molecule has 72 valence electrons. The Morgan fingerprint density at radius 1 is 1.54 bits per heavy atom. The summed E-state index contributed by atoms with van der Waals surface area (Å²) in [5.41, 5.74) is 0.946. The molecular formula is C10H12BrFO. The first-order valence-corrected chi connectivity index (χ1v) is 4.88. The van der Waals surface area contributed by atoms with E-state index in [0.717, 1.165) is 15.8 Å². The van der Waals surface area contributed by atoms with Crippen LogP contribution in [0.3, 0.4) is 0 Å². The summed E-state index contributed by atoms with van der Waals surface area (Å²) in [7, 11) is 1.60. The quantitative estimate of drug-likeness (QED) is 0.793. The molecule has 1 atom stereocenters. The number of hydrogen-bond acceptors (Lipinski definition) is 1. The van der Waals surface area contributed by atoms with Crippen molar-refractivity contribution in [1.82, 2.24) is 0 Å². The zero-order chi connectivity index (χ0) is 9.84. The Balaban J connectivity index is 3.08. The Kier molecular flexibility index (Phi) is 3.72. The first-order chi connectivity index (χ1) is 6.20. The van der Waals surface area contributed by atoms with Crippen LogP contribution in [0.5, 0.6) is 5.75 Å². The smallest absolute Gasteiger partial charge is 0.133 e. The third-order valence-corrected chi connectivity index (χ3v) is 2.82. The molecule has 0 aliphatic carbocycles. The maximum absolute atomic E-state index is 12.4. The summed E-state index contributed by atoms with van der Waals surface area (Å²) in [4.78, 5) is 0. The van der Waals surface area contributed by atoms with Crippen molar-refractivity contribution in [2.75, 3.05) is 13.8 Å². The maximum atomic E-state index is 12.4. The van der Waals surface area contributed by atoms with Crippen LogP contribution in [0, 0.1) is 0 Å². The monoisotopic (exact) mass is 246 g/mol. The highest BCUT2D eigenvalue weighted by molar-refractivity contribution is 9.10. The van der Waals surface area contributed by atoms with E-state index < -0.39 is 0 Å². The fourth-order valence-corrected chi connectivity index (χ4v) is 1.97. The Morgan fingerprint density at radius 2 is 2.23 bits per heavy atom. The molecule has 0 bridgehead atoms. The normalized spacial score (nSPS) is 12.6. The predicted molar refractivity (Wildman–Crippen MR) is 55.1 cm³/mol. The molecule has 0 heterocycles. The topological polar surface area (TPSA) is 9.23 Å². The molecule has 0 spiro atoms. The van der Waals surface area contributed by atoms with Crippen LogP contribution in [0.25, 0.3) is 0 Å². The molecule has 13 heavy (non-hydrogen) atoms. The van der Waals surface area contributed by atoms with Crippen molar-refractivity contribution < 1.29 is 9.13 Å². The van der Waals surface area contributed by atoms with E-state index in [0.29, 0.717) is 0 Å². The first kappa shape index (κ1) is 10.5. The Labute approximate surface area is 86.0 Å². The lowest BCUT2D eigenvalue weighted by Gasteiger charge is -2.12. The lowest BCUT2D eigenvalue weighted by atomic mass is 10.0. The third kappa shape index (κ3) is 2.21. The van der Waals surface area contributed by atoms with Crippen LogP contribution in [0.1, 0.15) is 18.4 Å². The molecule has 0 fully saturated rings. The molecular weight excluding hydrogens is 235 g/mol. The van der Waals surface area contributed by atoms with Gasteiger partial charge in [0.25, 0.3) is 0 Å². The van der Waals surface area contributed by atoms with Crippen molar-refractivity contribution in [2.24, 2.45) is 0 Å². The molecule has 0 aromatic heterocycles. The average molecular weight is 247 g/mol. The summed E-state index contributed by atoms with van der Waals surface area (Å²) in [6, 6.07) is 5.61. The van der Waals surface area contributed by atoms with Crippen molar-refractivity contribution in [1.29, 1.82) is 0 Å². The molecule has 0 saturated carbocycles. The largest absolute Gasteiger partial charge is 0.496 e. The van der Waals surface area contributed by atoms with Gasteiger partial charge in [0.05, 0.1) is 18.3 Å². The second-order valence-corrected chi connectivity index (χ2v) is 3.71. The van der Waals surface area contributed by atoms with Crippen LogP contribution in [-0.2, 0) is 0 Å². The lowest BCUT2D eigenvalue weighted by molar-refractivity contribution is 0.408. The number of ether oxygens (including phenoxy) is 1. The molecule has 0 aliphatic heterocycles. The number of alkyl halides is 1. The summed E-state index contributed by atoms with van der Waals surface area (Å²) >= 11 is 3.39. The lowest BCUT2D eigenvalue weighted by Crippen LogP contribution is -1.98. The van der Waals surface area contributed by atoms with Gasteiger partial charge in [-0.2, -0.15) is 0 Å². The van der Waals surface area contributed by atoms with Gasteiger partial charge in [0.2, 0.25) is 0 Å². The fourth-order valence-electron chi connectivity index (χ4n) is 1.15. The second-order valence-electron chi connectivity index (χ2n) is 2.92. The summed E-state index contributed by atoms with van der Waals surface area (Å²) in [5.74, 6) is 0.655. The van der Waals surface area contributed by atoms with Gasteiger partial charge in [-0.3, -0.25) is 4.39 Å². The van der Waals surface area contributed by atoms with E-state index in [-0.39, 0.29) is 12.6 Å². The second kappa shape index (κ2) is 4.61. The van der Waals surface area contributed by atoms with E-state index in [9.17, 15) is 4.39 Å². The Morgan fingerprint density at radius 3 is 2.77 bits per heavy atom. The molecule has 1 aromatic rings. The predicted octanol–water partition coefficient (Wildman–Crippen LogP) is 3.53. The van der Waals surface area contributed by atoms with Crippen molar-refractivity contribution in [3.8, 4) is 5.75 Å². The minimum atomic E-state index is -0.355. The van der Waals surface area contributed by atoms with Crippen molar-refractivity contribution in [2.45, 2.75) is 12.8 Å². The van der Waals surface area contributed by atoms with E-state index in [4.69, 9.17) is 4.74 Å². The zero-order valence-corrected chi connectivity index (χ0v) is 9.27. The van der Waals surface area contributed by atoms with Gasteiger partial charge >= 0.3 is 0 Å². The van der Waals surface area contributed by atoms with Crippen LogP contribution in [-0.4, -0.2) is 13.8 Å². The SMILES string of the molecule is COc1cccc(C(C)CF)c1Br. The van der Waals surface area contributed by atoms with Crippen molar-refractivity contribution >= 4 is 15.9 Å². The molecule has 1 rings (SSSR count). The number of halogens is 2. The van der Waals surface area contributed by atoms with Gasteiger partial charge < -0.3 is 4.74 Å². The number of rotatable bonds is 3. The molecule has 0 aliphatic rings. The summed E-state index contributed by atoms with van der Waals surface area (Å²) in [6.45, 7) is 1.49. The Hall–Kier alpha value is -0.570. The van der Waals surface area contributed by atoms with Crippen LogP contribution >= 0.6 is 15.9 Å². The highest BCUT2D eigenvalue weighted by Crippen LogP contribution is 2.32. The van der Waals surface area contributed by atoms with E-state index in [2.05, 4.69) is 15.9 Å². The van der Waals surface area contributed by atoms with Crippen LogP contribution in [0.2, 0.25) is 0 Å². The van der Waals surface area contributed by atoms with Gasteiger partial charge in [-0.25, -0.2) is 0 Å². The van der Waals surface area contributed by atoms with Gasteiger partial charge in [-0.05, 0) is 27.6 Å². The summed E-state index contributed by atoms with van der Waals surface area (Å²) < 4.78 is 18.4. The molecule has 0 amide bonds. The van der Waals surface area contributed by atoms with Gasteiger partial charge in [0.1, 0.15) is 5.75 Å². The number of hydrogen-bond donors (Lipinski definition) is 0. The molecule has 1 unspecified atom stereocenters. The molecule has 1 nitrogen and oxygen atoms in total. The van der Waals surface area contributed by atoms with Crippen molar-refractivity contribution in [3.05, 3.63) is 28.2 Å². The average Bonchev–Trinajstić information content (AvgIpc) is 2.17. The van der Waals surface area contributed by atoms with Gasteiger partial charge in [-0.15, -0.1) is 0 Å². The molecule has 0 radical (unpaired) electrons. The standard InChI is InChI=1S/C10H12BrFO/c1-7(6-12)8-4-3-5-9(13-2)10(8)11/h3-5,7H,6H2,1-2H3. The maximum Gasteiger partial charge on any atom is 0.133 e. The summed E-state index contributed by atoms with van der Waals surface area (Å²) in [5, 5.41) is 0. The molecule has 1 aromatic carbocycles. The summed E-state index contributed by atoms with van der Waals surface area (Å²) in [6.07, 6.45) is 0. The van der Waals surface area contributed by atoms with E-state index in [1.54, 1.807) is 7.11 Å². The van der Waals surface area contributed by atoms with E-state index >= 15 is 0 Å². The number of benzene rings is 1. The van der Waals surface area contributed by atoms with Gasteiger partial charge in [-0.1, -0.05) is 19.1 Å². The minimum absolute atomic E-state index is 0.0931. The first-order valence-electron chi connectivity index (χ1n) is 4.09. The van der Waals surface area contributed by atoms with Gasteiger partial charge in [0.15, 0.2) is 0 Å². The van der Waals surface area contributed by atoms with Crippen LogP contribution in [0.4, 0.5) is 4.39 Å². The zero-order valence-electron chi connectivity index (χ0n) is 7.68. The van der Waals surface area contributed by atoms with Gasteiger partial charge in [0, 0.05) is 5.92 Å². The highest BCUT2D eigenvalue weighted by Gasteiger charge is 2.11. The molecule has 0 saturated heterocycles. The fraction of sp³-hybridized carbons (Fsp3) is 0.400. The van der Waals surface area contributed by atoms with E-state index in [1.165, 1.54) is 0 Å². The van der Waals surface area contributed by atoms with Crippen LogP contribution < -0.4 is 4.74 Å². The molecule has 3 heteroatoms. The number of methoxy groups -OCH3 is 1. The Bertz CT molecular complexity index is 288. The van der Waals surface area contributed by atoms with E-state index in [1.807, 2.05) is 25.1 Å².